The van der Waals surface area contributed by atoms with E-state index in [1.165, 1.54) is 30.3 Å². The van der Waals surface area contributed by atoms with Crippen molar-refractivity contribution in [3.8, 4) is 0 Å². The fourth-order valence-corrected chi connectivity index (χ4v) is 4.98. The third-order valence-electron chi connectivity index (χ3n) is 4.60. The Hall–Kier alpha value is -2.10. The summed E-state index contributed by atoms with van der Waals surface area (Å²) in [4.78, 5) is 12.4. The minimum Gasteiger partial charge on any atom is -0.356 e. The van der Waals surface area contributed by atoms with E-state index in [1.54, 1.807) is 36.4 Å². The molecule has 4 nitrogen and oxygen atoms in total. The highest BCUT2D eigenvalue weighted by Crippen LogP contribution is 2.30. The highest BCUT2D eigenvalue weighted by Gasteiger charge is 2.29. The topological polar surface area (TPSA) is 53.2 Å². The number of amides is 1. The molecule has 3 N–H and O–H groups in total. The van der Waals surface area contributed by atoms with Gasteiger partial charge >= 0.3 is 0 Å². The summed E-state index contributed by atoms with van der Waals surface area (Å²) in [5.41, 5.74) is 0.867. The number of benzene rings is 2. The van der Waals surface area contributed by atoms with Crippen LogP contribution in [0.25, 0.3) is 0 Å². The van der Waals surface area contributed by atoms with E-state index in [0.717, 1.165) is 5.56 Å². The standard InChI is InChI=1S/C22H19Br2F2N3OS/c1-13(14-6-8-15(25)9-7-14)27-21(31)29-22(24)11-10-19(17(23)12-22)28-20(30)16-4-2-3-5-18(16)26/h2-13,19H,1H3,(H,28,30)(H2,27,29,31). The van der Waals surface area contributed by atoms with Crippen molar-refractivity contribution in [1.82, 2.24) is 16.0 Å². The molecule has 3 unspecified atom stereocenters. The van der Waals surface area contributed by atoms with E-state index in [0.29, 0.717) is 9.59 Å². The molecule has 1 amide bonds. The number of carbonyl (C=O) groups excluding carboxylic acids is 1. The number of hydrogen-bond acceptors (Lipinski definition) is 2. The molecule has 0 saturated heterocycles. The molecule has 1 aliphatic carbocycles. The maximum absolute atomic E-state index is 13.8. The van der Waals surface area contributed by atoms with Gasteiger partial charge in [0, 0.05) is 4.48 Å². The van der Waals surface area contributed by atoms with Gasteiger partial charge in [-0.3, -0.25) is 4.79 Å². The van der Waals surface area contributed by atoms with Gasteiger partial charge in [0.1, 0.15) is 16.1 Å². The van der Waals surface area contributed by atoms with Gasteiger partial charge in [0.15, 0.2) is 5.11 Å². The van der Waals surface area contributed by atoms with Crippen LogP contribution in [0.5, 0.6) is 0 Å². The first kappa shape index (κ1) is 23.6. The van der Waals surface area contributed by atoms with Crippen molar-refractivity contribution in [2.75, 3.05) is 0 Å². The molecule has 3 rings (SSSR count). The lowest BCUT2D eigenvalue weighted by Crippen LogP contribution is -2.48. The molecule has 0 aliphatic heterocycles. The van der Waals surface area contributed by atoms with E-state index in [-0.39, 0.29) is 17.4 Å². The highest BCUT2D eigenvalue weighted by atomic mass is 79.9. The molecule has 0 bridgehead atoms. The van der Waals surface area contributed by atoms with E-state index in [1.807, 2.05) is 6.92 Å². The summed E-state index contributed by atoms with van der Waals surface area (Å²) in [6.07, 6.45) is 5.35. The Morgan fingerprint density at radius 3 is 2.48 bits per heavy atom. The number of hydrogen-bond donors (Lipinski definition) is 3. The third-order valence-corrected chi connectivity index (χ3v) is 6.24. The summed E-state index contributed by atoms with van der Waals surface area (Å²) in [5.74, 6) is -1.39. The van der Waals surface area contributed by atoms with Crippen molar-refractivity contribution in [2.45, 2.75) is 23.5 Å². The second-order valence-corrected chi connectivity index (χ2v) is 9.60. The van der Waals surface area contributed by atoms with Crippen LogP contribution in [0.3, 0.4) is 0 Å². The molecule has 0 spiro atoms. The fourth-order valence-electron chi connectivity index (χ4n) is 2.97. The fraction of sp³-hybridized carbons (Fsp3) is 0.182. The molecule has 0 heterocycles. The van der Waals surface area contributed by atoms with E-state index < -0.39 is 22.2 Å². The van der Waals surface area contributed by atoms with Crippen molar-refractivity contribution in [1.29, 1.82) is 0 Å². The number of thiocarbonyl (C=S) groups is 1. The monoisotopic (exact) mass is 569 g/mol. The lowest BCUT2D eigenvalue weighted by Gasteiger charge is -2.30. The smallest absolute Gasteiger partial charge is 0.254 e. The van der Waals surface area contributed by atoms with Gasteiger partial charge in [0.05, 0.1) is 17.6 Å². The molecule has 0 saturated carbocycles. The lowest BCUT2D eigenvalue weighted by molar-refractivity contribution is 0.0945. The predicted molar refractivity (Wildman–Crippen MR) is 129 cm³/mol. The van der Waals surface area contributed by atoms with E-state index in [4.69, 9.17) is 12.2 Å². The normalized spacial score (nSPS) is 21.1. The van der Waals surface area contributed by atoms with Gasteiger partial charge in [-0.25, -0.2) is 8.78 Å². The van der Waals surface area contributed by atoms with Crippen molar-refractivity contribution in [3.63, 3.8) is 0 Å². The molecule has 31 heavy (non-hydrogen) atoms. The molecule has 3 atom stereocenters. The Balaban J connectivity index is 1.61. The van der Waals surface area contributed by atoms with Gasteiger partial charge in [0.25, 0.3) is 5.91 Å². The largest absolute Gasteiger partial charge is 0.356 e. The molecule has 0 aromatic heterocycles. The van der Waals surface area contributed by atoms with Crippen molar-refractivity contribution in [2.24, 2.45) is 0 Å². The van der Waals surface area contributed by atoms with E-state index in [2.05, 4.69) is 47.8 Å². The molecular weight excluding hydrogens is 552 g/mol. The van der Waals surface area contributed by atoms with Gasteiger partial charge in [-0.15, -0.1) is 0 Å². The Morgan fingerprint density at radius 2 is 1.84 bits per heavy atom. The first-order chi connectivity index (χ1) is 14.7. The summed E-state index contributed by atoms with van der Waals surface area (Å²) < 4.78 is 26.8. The summed E-state index contributed by atoms with van der Waals surface area (Å²) >= 11 is 12.5. The third kappa shape index (κ3) is 6.21. The van der Waals surface area contributed by atoms with Crippen LogP contribution >= 0.6 is 44.1 Å². The van der Waals surface area contributed by atoms with Gasteiger partial charge < -0.3 is 16.0 Å². The molecule has 9 heteroatoms. The van der Waals surface area contributed by atoms with Crippen LogP contribution in [0.2, 0.25) is 0 Å². The van der Waals surface area contributed by atoms with Crippen LogP contribution < -0.4 is 16.0 Å². The summed E-state index contributed by atoms with van der Waals surface area (Å²) in [7, 11) is 0. The first-order valence-electron chi connectivity index (χ1n) is 9.33. The summed E-state index contributed by atoms with van der Waals surface area (Å²) in [5, 5.41) is 9.45. The number of carbonyl (C=O) groups is 1. The zero-order chi connectivity index (χ0) is 22.6. The van der Waals surface area contributed by atoms with Crippen LogP contribution in [0, 0.1) is 11.6 Å². The SMILES string of the molecule is CC(NC(=S)NC1(Br)C=CC(NC(=O)c2ccccc2F)C(Br)=C1)c1ccc(F)cc1. The Kier molecular flexibility index (Phi) is 7.61. The number of halogens is 4. The molecule has 162 valence electrons. The van der Waals surface area contributed by atoms with Crippen LogP contribution in [0.15, 0.2) is 71.2 Å². The van der Waals surface area contributed by atoms with Gasteiger partial charge in [-0.2, -0.15) is 0 Å². The Bertz CT molecular complexity index is 1050. The predicted octanol–water partition coefficient (Wildman–Crippen LogP) is 5.23. The van der Waals surface area contributed by atoms with Crippen LogP contribution in [-0.4, -0.2) is 21.5 Å². The number of alkyl halides is 1. The van der Waals surface area contributed by atoms with Crippen LogP contribution in [0.4, 0.5) is 8.78 Å². The Morgan fingerprint density at radius 1 is 1.16 bits per heavy atom. The average molecular weight is 571 g/mol. The minimum absolute atomic E-state index is 0.0230. The Labute approximate surface area is 201 Å². The average Bonchev–Trinajstić information content (AvgIpc) is 2.70. The van der Waals surface area contributed by atoms with Crippen molar-refractivity contribution < 1.29 is 13.6 Å². The molecule has 0 radical (unpaired) electrons. The molecule has 2 aromatic rings. The molecule has 0 fully saturated rings. The number of rotatable bonds is 5. The highest BCUT2D eigenvalue weighted by molar-refractivity contribution is 9.12. The quantitative estimate of drug-likeness (QED) is 0.199. The maximum atomic E-state index is 13.8. The van der Waals surface area contributed by atoms with Gasteiger partial charge in [-0.05, 0) is 61.1 Å². The maximum Gasteiger partial charge on any atom is 0.254 e. The van der Waals surface area contributed by atoms with Crippen LogP contribution in [-0.2, 0) is 0 Å². The first-order valence-corrected chi connectivity index (χ1v) is 11.3. The zero-order valence-corrected chi connectivity index (χ0v) is 20.3. The lowest BCUT2D eigenvalue weighted by atomic mass is 10.1. The molecular formula is C22H19Br2F2N3OS. The van der Waals surface area contributed by atoms with Gasteiger partial charge in [-0.1, -0.05) is 62.2 Å². The van der Waals surface area contributed by atoms with E-state index in [9.17, 15) is 13.6 Å². The van der Waals surface area contributed by atoms with E-state index >= 15 is 0 Å². The van der Waals surface area contributed by atoms with Gasteiger partial charge in [0.2, 0.25) is 0 Å². The second kappa shape index (κ2) is 10.0. The molecule has 2 aromatic carbocycles. The summed E-state index contributed by atoms with van der Waals surface area (Å²) in [6, 6.07) is 11.4. The summed E-state index contributed by atoms with van der Waals surface area (Å²) in [6.45, 7) is 1.92. The number of nitrogens with one attached hydrogen (secondary N) is 3. The van der Waals surface area contributed by atoms with Crippen molar-refractivity contribution in [3.05, 3.63) is 94.0 Å². The van der Waals surface area contributed by atoms with Crippen LogP contribution in [0.1, 0.15) is 28.9 Å². The zero-order valence-electron chi connectivity index (χ0n) is 16.3. The molecule has 1 aliphatic rings. The second-order valence-electron chi connectivity index (χ2n) is 6.96. The minimum atomic E-state index is -0.794. The van der Waals surface area contributed by atoms with Crippen molar-refractivity contribution >= 4 is 55.1 Å².